The van der Waals surface area contributed by atoms with E-state index in [1.807, 2.05) is 36.4 Å². The van der Waals surface area contributed by atoms with E-state index in [9.17, 15) is 0 Å². The lowest BCUT2D eigenvalue weighted by molar-refractivity contribution is 0.413. The molecule has 0 saturated heterocycles. The lowest BCUT2D eigenvalue weighted by Gasteiger charge is -1.99. The Labute approximate surface area is 98.3 Å². The highest BCUT2D eigenvalue weighted by Crippen LogP contribution is 2.19. The van der Waals surface area contributed by atoms with E-state index >= 15 is 0 Å². The number of fused-ring (bicyclic) bond motifs is 1. The normalized spacial score (nSPS) is 10.6. The minimum absolute atomic E-state index is 0.741. The van der Waals surface area contributed by atoms with Crippen molar-refractivity contribution >= 4 is 11.0 Å². The number of pyridine rings is 1. The van der Waals surface area contributed by atoms with E-state index in [-0.39, 0.29) is 0 Å². The van der Waals surface area contributed by atoms with Gasteiger partial charge in [0, 0.05) is 0 Å². The summed E-state index contributed by atoms with van der Waals surface area (Å²) in [5.41, 5.74) is 2.77. The molecule has 1 aromatic carbocycles. The molecular formula is C13H11N3O. The van der Waals surface area contributed by atoms with Crippen molar-refractivity contribution in [3.63, 3.8) is 0 Å². The molecule has 3 rings (SSSR count). The molecule has 0 aliphatic carbocycles. The number of H-pyrrole nitrogens is 1. The minimum atomic E-state index is 0.741. The van der Waals surface area contributed by atoms with Crippen LogP contribution in [0.25, 0.3) is 22.6 Å². The summed E-state index contributed by atoms with van der Waals surface area (Å²) in [6.07, 6.45) is 1.68. The van der Waals surface area contributed by atoms with Gasteiger partial charge in [0.15, 0.2) is 5.82 Å². The topological polar surface area (TPSA) is 50.8 Å². The molecule has 1 N–H and O–H groups in total. The second-order valence-corrected chi connectivity index (χ2v) is 3.69. The van der Waals surface area contributed by atoms with Crippen molar-refractivity contribution in [2.24, 2.45) is 0 Å². The molecule has 4 heteroatoms. The predicted molar refractivity (Wildman–Crippen MR) is 65.9 cm³/mol. The molecular weight excluding hydrogens is 214 g/mol. The van der Waals surface area contributed by atoms with Gasteiger partial charge in [-0.15, -0.1) is 0 Å². The zero-order valence-electron chi connectivity index (χ0n) is 9.34. The number of hydrogen-bond acceptors (Lipinski definition) is 3. The van der Waals surface area contributed by atoms with Crippen molar-refractivity contribution in [1.29, 1.82) is 0 Å². The Kier molecular flexibility index (Phi) is 2.26. The summed E-state index contributed by atoms with van der Waals surface area (Å²) in [4.78, 5) is 12.0. The summed E-state index contributed by atoms with van der Waals surface area (Å²) < 4.78 is 5.07. The third-order valence-electron chi connectivity index (χ3n) is 2.60. The quantitative estimate of drug-likeness (QED) is 0.729. The molecule has 2 aromatic heterocycles. The van der Waals surface area contributed by atoms with Gasteiger partial charge in [-0.05, 0) is 24.3 Å². The number of nitrogens with zero attached hydrogens (tertiary/aromatic N) is 2. The molecule has 3 aromatic rings. The molecule has 0 fully saturated rings. The van der Waals surface area contributed by atoms with E-state index in [0.29, 0.717) is 0 Å². The van der Waals surface area contributed by atoms with E-state index < -0.39 is 0 Å². The zero-order valence-corrected chi connectivity index (χ0v) is 9.34. The van der Waals surface area contributed by atoms with Gasteiger partial charge in [0.2, 0.25) is 0 Å². The molecule has 2 heterocycles. The van der Waals surface area contributed by atoms with Crippen LogP contribution in [0.15, 0.2) is 42.6 Å². The Morgan fingerprint density at radius 2 is 2.00 bits per heavy atom. The molecule has 0 unspecified atom stereocenters. The Balaban J connectivity index is 2.07. The molecule has 0 atom stereocenters. The van der Waals surface area contributed by atoms with Gasteiger partial charge >= 0.3 is 0 Å². The molecule has 84 valence electrons. The number of nitrogens with one attached hydrogen (secondary N) is 1. The van der Waals surface area contributed by atoms with Crippen molar-refractivity contribution in [3.05, 3.63) is 42.6 Å². The van der Waals surface area contributed by atoms with Crippen LogP contribution in [0.4, 0.5) is 0 Å². The molecule has 0 radical (unpaired) electrons. The van der Waals surface area contributed by atoms with Crippen LogP contribution in [0.3, 0.4) is 0 Å². The number of aromatic nitrogens is 3. The van der Waals surface area contributed by atoms with Crippen LogP contribution in [0.1, 0.15) is 0 Å². The summed E-state index contributed by atoms with van der Waals surface area (Å²) in [5, 5.41) is 0. The fraction of sp³-hybridized carbons (Fsp3) is 0.0769. The first-order valence-corrected chi connectivity index (χ1v) is 5.32. The van der Waals surface area contributed by atoms with Crippen LogP contribution in [-0.4, -0.2) is 22.1 Å². The lowest BCUT2D eigenvalue weighted by atomic mass is 10.3. The molecule has 17 heavy (non-hydrogen) atoms. The maximum atomic E-state index is 5.07. The summed E-state index contributed by atoms with van der Waals surface area (Å²) in [7, 11) is 1.62. The number of imidazole rings is 1. The number of hydrogen-bond donors (Lipinski definition) is 1. The molecule has 4 nitrogen and oxygen atoms in total. The number of aromatic amines is 1. The van der Waals surface area contributed by atoms with E-state index in [1.54, 1.807) is 13.3 Å². The van der Waals surface area contributed by atoms with Crippen molar-refractivity contribution in [2.45, 2.75) is 0 Å². The van der Waals surface area contributed by atoms with Crippen LogP contribution in [-0.2, 0) is 0 Å². The summed E-state index contributed by atoms with van der Waals surface area (Å²) in [5.74, 6) is 1.51. The fourth-order valence-electron chi connectivity index (χ4n) is 1.72. The number of methoxy groups -OCH3 is 1. The van der Waals surface area contributed by atoms with Crippen LogP contribution in [0.5, 0.6) is 5.75 Å². The standard InChI is InChI=1S/C13H11N3O/c1-17-9-6-7-12(14-8-9)13-15-10-4-2-3-5-11(10)16-13/h2-8H,1H3,(H,15,16). The highest BCUT2D eigenvalue weighted by atomic mass is 16.5. The Bertz CT molecular complexity index is 610. The first-order valence-electron chi connectivity index (χ1n) is 5.32. The van der Waals surface area contributed by atoms with Gasteiger partial charge in [-0.25, -0.2) is 9.97 Å². The molecule has 0 aliphatic heterocycles. The van der Waals surface area contributed by atoms with Crippen LogP contribution in [0, 0.1) is 0 Å². The van der Waals surface area contributed by atoms with Gasteiger partial charge in [-0.2, -0.15) is 0 Å². The SMILES string of the molecule is COc1ccc(-c2nc3ccccc3[nH]2)nc1. The van der Waals surface area contributed by atoms with E-state index in [0.717, 1.165) is 28.3 Å². The monoisotopic (exact) mass is 225 g/mol. The van der Waals surface area contributed by atoms with Gasteiger partial charge in [0.25, 0.3) is 0 Å². The molecule has 0 spiro atoms. The number of ether oxygens (including phenoxy) is 1. The number of benzene rings is 1. The first-order chi connectivity index (χ1) is 8.36. The largest absolute Gasteiger partial charge is 0.495 e. The van der Waals surface area contributed by atoms with Crippen molar-refractivity contribution < 1.29 is 4.74 Å². The lowest BCUT2D eigenvalue weighted by Crippen LogP contribution is -1.87. The molecule has 0 bridgehead atoms. The van der Waals surface area contributed by atoms with Crippen LogP contribution in [0.2, 0.25) is 0 Å². The minimum Gasteiger partial charge on any atom is -0.495 e. The van der Waals surface area contributed by atoms with Crippen molar-refractivity contribution in [1.82, 2.24) is 15.0 Å². The summed E-state index contributed by atoms with van der Waals surface area (Å²) >= 11 is 0. The maximum Gasteiger partial charge on any atom is 0.157 e. The Hall–Kier alpha value is -2.36. The highest BCUT2D eigenvalue weighted by molar-refractivity contribution is 5.78. The molecule has 0 aliphatic rings. The molecule has 0 amide bonds. The van der Waals surface area contributed by atoms with Crippen LogP contribution < -0.4 is 4.74 Å². The van der Waals surface area contributed by atoms with Gasteiger partial charge < -0.3 is 9.72 Å². The summed E-state index contributed by atoms with van der Waals surface area (Å²) in [6, 6.07) is 11.7. The Morgan fingerprint density at radius 1 is 1.12 bits per heavy atom. The smallest absolute Gasteiger partial charge is 0.157 e. The van der Waals surface area contributed by atoms with E-state index in [2.05, 4.69) is 15.0 Å². The average Bonchev–Trinajstić information content (AvgIpc) is 2.82. The van der Waals surface area contributed by atoms with Gasteiger partial charge in [0.1, 0.15) is 11.4 Å². The van der Waals surface area contributed by atoms with Gasteiger partial charge in [-0.1, -0.05) is 12.1 Å². The summed E-state index contributed by atoms with van der Waals surface area (Å²) in [6.45, 7) is 0. The first kappa shape index (κ1) is 9.84. The van der Waals surface area contributed by atoms with Gasteiger partial charge in [-0.3, -0.25) is 0 Å². The number of para-hydroxylation sites is 2. The van der Waals surface area contributed by atoms with Gasteiger partial charge in [0.05, 0.1) is 24.3 Å². The van der Waals surface area contributed by atoms with Crippen molar-refractivity contribution in [3.8, 4) is 17.3 Å². The second-order valence-electron chi connectivity index (χ2n) is 3.69. The number of rotatable bonds is 2. The average molecular weight is 225 g/mol. The van der Waals surface area contributed by atoms with E-state index in [1.165, 1.54) is 0 Å². The maximum absolute atomic E-state index is 5.07. The predicted octanol–water partition coefficient (Wildman–Crippen LogP) is 2.63. The molecule has 0 saturated carbocycles. The van der Waals surface area contributed by atoms with Crippen molar-refractivity contribution in [2.75, 3.05) is 7.11 Å². The Morgan fingerprint density at radius 3 is 2.71 bits per heavy atom. The fourth-order valence-corrected chi connectivity index (χ4v) is 1.72. The zero-order chi connectivity index (χ0) is 11.7. The second kappa shape index (κ2) is 3.90. The third kappa shape index (κ3) is 1.73. The highest BCUT2D eigenvalue weighted by Gasteiger charge is 2.05. The third-order valence-corrected chi connectivity index (χ3v) is 2.60. The van der Waals surface area contributed by atoms with E-state index in [4.69, 9.17) is 4.74 Å². The van der Waals surface area contributed by atoms with Crippen LogP contribution >= 0.6 is 0 Å².